The summed E-state index contributed by atoms with van der Waals surface area (Å²) in [5.74, 6) is -0.686. The van der Waals surface area contributed by atoms with Crippen molar-refractivity contribution >= 4 is 45.6 Å². The Hall–Kier alpha value is -1.99. The van der Waals surface area contributed by atoms with Gasteiger partial charge in [-0.2, -0.15) is 0 Å². The number of nitrogens with one attached hydrogen (secondary N) is 3. The molecule has 2 aromatic rings. The molecule has 1 aromatic carbocycles. The van der Waals surface area contributed by atoms with E-state index in [1.807, 2.05) is 19.1 Å². The first-order valence-corrected chi connectivity index (χ1v) is 7.69. The number of anilines is 1. The molecule has 22 heavy (non-hydrogen) atoms. The van der Waals surface area contributed by atoms with E-state index in [0.717, 1.165) is 10.0 Å². The Balaban J connectivity index is 1.94. The number of aromatic amines is 1. The number of aryl methyl sites for hydroxylation is 1. The summed E-state index contributed by atoms with van der Waals surface area (Å²) in [7, 11) is 0. The minimum absolute atomic E-state index is 0.127. The van der Waals surface area contributed by atoms with Gasteiger partial charge in [-0.05, 0) is 42.8 Å². The van der Waals surface area contributed by atoms with Crippen molar-refractivity contribution in [3.8, 4) is 0 Å². The number of amides is 2. The van der Waals surface area contributed by atoms with Crippen LogP contribution in [0, 0.1) is 11.6 Å². The standard InChI is InChI=1S/C15H14BrN3O2S/c1-9-7-10(16)4-5-12(9)19-13(20)8-18-14(21)11-3-2-6-17-15(11)22/h2-7H,8H2,1H3,(H,17,22)(H,18,21)(H,19,20). The van der Waals surface area contributed by atoms with Crippen molar-refractivity contribution in [2.45, 2.75) is 6.92 Å². The lowest BCUT2D eigenvalue weighted by molar-refractivity contribution is -0.115. The Morgan fingerprint density at radius 2 is 2.09 bits per heavy atom. The molecule has 1 aromatic heterocycles. The van der Waals surface area contributed by atoms with Gasteiger partial charge in [0.1, 0.15) is 4.64 Å². The highest BCUT2D eigenvalue weighted by Crippen LogP contribution is 2.19. The molecule has 0 radical (unpaired) electrons. The topological polar surface area (TPSA) is 74.0 Å². The lowest BCUT2D eigenvalue weighted by Crippen LogP contribution is -2.33. The average Bonchev–Trinajstić information content (AvgIpc) is 2.48. The Morgan fingerprint density at radius 1 is 1.32 bits per heavy atom. The molecule has 0 bridgehead atoms. The van der Waals surface area contributed by atoms with Crippen LogP contribution in [0.25, 0.3) is 0 Å². The number of carbonyl (C=O) groups is 2. The van der Waals surface area contributed by atoms with Crippen molar-refractivity contribution in [3.63, 3.8) is 0 Å². The van der Waals surface area contributed by atoms with E-state index in [4.69, 9.17) is 12.2 Å². The van der Waals surface area contributed by atoms with Crippen LogP contribution in [0.15, 0.2) is 41.0 Å². The van der Waals surface area contributed by atoms with E-state index < -0.39 is 0 Å². The van der Waals surface area contributed by atoms with Gasteiger partial charge in [-0.1, -0.05) is 28.1 Å². The third-order valence-corrected chi connectivity index (χ3v) is 3.77. The molecule has 1 heterocycles. The van der Waals surface area contributed by atoms with Gasteiger partial charge in [0.25, 0.3) is 5.91 Å². The summed E-state index contributed by atoms with van der Waals surface area (Å²) in [6.07, 6.45) is 1.64. The number of benzene rings is 1. The van der Waals surface area contributed by atoms with Crippen LogP contribution in [0.5, 0.6) is 0 Å². The van der Waals surface area contributed by atoms with E-state index in [2.05, 4.69) is 31.5 Å². The molecule has 114 valence electrons. The van der Waals surface area contributed by atoms with Crippen LogP contribution < -0.4 is 10.6 Å². The molecule has 2 amide bonds. The molecule has 3 N–H and O–H groups in total. The maximum Gasteiger partial charge on any atom is 0.254 e. The van der Waals surface area contributed by atoms with Gasteiger partial charge in [-0.3, -0.25) is 9.59 Å². The van der Waals surface area contributed by atoms with Crippen LogP contribution >= 0.6 is 28.1 Å². The quantitative estimate of drug-likeness (QED) is 0.714. The van der Waals surface area contributed by atoms with Crippen LogP contribution in [-0.2, 0) is 4.79 Å². The van der Waals surface area contributed by atoms with E-state index in [9.17, 15) is 9.59 Å². The molecule has 2 rings (SSSR count). The van der Waals surface area contributed by atoms with Crippen molar-refractivity contribution in [1.29, 1.82) is 0 Å². The molecule has 0 spiro atoms. The summed E-state index contributed by atoms with van der Waals surface area (Å²) in [6, 6.07) is 8.81. The van der Waals surface area contributed by atoms with Crippen LogP contribution in [0.2, 0.25) is 0 Å². The van der Waals surface area contributed by atoms with Gasteiger partial charge < -0.3 is 15.6 Å². The fourth-order valence-electron chi connectivity index (χ4n) is 1.82. The van der Waals surface area contributed by atoms with Crippen molar-refractivity contribution in [2.24, 2.45) is 0 Å². The third kappa shape index (κ3) is 4.25. The number of carbonyl (C=O) groups excluding carboxylic acids is 2. The second-order valence-electron chi connectivity index (χ2n) is 4.60. The first-order valence-electron chi connectivity index (χ1n) is 6.49. The fraction of sp³-hybridized carbons (Fsp3) is 0.133. The first-order chi connectivity index (χ1) is 10.5. The average molecular weight is 380 g/mol. The van der Waals surface area contributed by atoms with Crippen LogP contribution in [-0.4, -0.2) is 23.3 Å². The zero-order valence-corrected chi connectivity index (χ0v) is 14.2. The molecule has 0 saturated carbocycles. The van der Waals surface area contributed by atoms with E-state index in [1.165, 1.54) is 0 Å². The summed E-state index contributed by atoms with van der Waals surface area (Å²) in [5, 5.41) is 5.29. The van der Waals surface area contributed by atoms with Gasteiger partial charge in [-0.25, -0.2) is 0 Å². The Bertz CT molecular complexity index is 773. The summed E-state index contributed by atoms with van der Waals surface area (Å²) in [5.41, 5.74) is 1.98. The third-order valence-electron chi connectivity index (χ3n) is 2.93. The smallest absolute Gasteiger partial charge is 0.254 e. The van der Waals surface area contributed by atoms with Crippen molar-refractivity contribution < 1.29 is 9.59 Å². The molecule has 7 heteroatoms. The van der Waals surface area contributed by atoms with E-state index >= 15 is 0 Å². The summed E-state index contributed by atoms with van der Waals surface area (Å²) in [4.78, 5) is 26.6. The number of pyridine rings is 1. The van der Waals surface area contributed by atoms with Crippen molar-refractivity contribution in [1.82, 2.24) is 10.3 Å². The summed E-state index contributed by atoms with van der Waals surface area (Å²) >= 11 is 8.38. The Kier molecular flexibility index (Phi) is 5.46. The molecular formula is C15H14BrN3O2S. The number of aromatic nitrogens is 1. The second-order valence-corrected chi connectivity index (χ2v) is 5.93. The SMILES string of the molecule is Cc1cc(Br)ccc1NC(=O)CNC(=O)c1ccc[nH]c1=S. The van der Waals surface area contributed by atoms with E-state index in [-0.39, 0.29) is 18.4 Å². The van der Waals surface area contributed by atoms with Crippen LogP contribution in [0.4, 0.5) is 5.69 Å². The first kappa shape index (κ1) is 16.4. The lowest BCUT2D eigenvalue weighted by Gasteiger charge is -2.09. The molecule has 0 saturated heterocycles. The number of H-pyrrole nitrogens is 1. The molecular weight excluding hydrogens is 366 g/mol. The Labute approximate surface area is 141 Å². The minimum Gasteiger partial charge on any atom is -0.352 e. The number of hydrogen-bond acceptors (Lipinski definition) is 3. The van der Waals surface area contributed by atoms with Crippen LogP contribution in [0.1, 0.15) is 15.9 Å². The zero-order valence-electron chi connectivity index (χ0n) is 11.8. The summed E-state index contributed by atoms with van der Waals surface area (Å²) < 4.78 is 1.28. The highest BCUT2D eigenvalue weighted by atomic mass is 79.9. The van der Waals surface area contributed by atoms with Gasteiger partial charge in [0.2, 0.25) is 5.91 Å². The monoisotopic (exact) mass is 379 g/mol. The van der Waals surface area contributed by atoms with Gasteiger partial charge in [0, 0.05) is 16.4 Å². The number of rotatable bonds is 4. The molecule has 5 nitrogen and oxygen atoms in total. The van der Waals surface area contributed by atoms with Gasteiger partial charge >= 0.3 is 0 Å². The largest absolute Gasteiger partial charge is 0.352 e. The van der Waals surface area contributed by atoms with Crippen molar-refractivity contribution in [2.75, 3.05) is 11.9 Å². The Morgan fingerprint density at radius 3 is 2.77 bits per heavy atom. The van der Waals surface area contributed by atoms with Crippen molar-refractivity contribution in [3.05, 3.63) is 56.8 Å². The molecule has 0 atom stereocenters. The fourth-order valence-corrected chi connectivity index (χ4v) is 2.52. The molecule has 0 aliphatic heterocycles. The number of hydrogen-bond donors (Lipinski definition) is 3. The summed E-state index contributed by atoms with van der Waals surface area (Å²) in [6.45, 7) is 1.76. The number of halogens is 1. The van der Waals surface area contributed by atoms with E-state index in [0.29, 0.717) is 15.9 Å². The predicted octanol–water partition coefficient (Wildman–Crippen LogP) is 3.18. The minimum atomic E-state index is -0.385. The molecule has 0 aliphatic carbocycles. The molecule has 0 unspecified atom stereocenters. The highest BCUT2D eigenvalue weighted by Gasteiger charge is 2.10. The zero-order chi connectivity index (χ0) is 16.1. The van der Waals surface area contributed by atoms with Crippen LogP contribution in [0.3, 0.4) is 0 Å². The second kappa shape index (κ2) is 7.33. The van der Waals surface area contributed by atoms with Gasteiger partial charge in [0.15, 0.2) is 0 Å². The maximum absolute atomic E-state index is 12.0. The normalized spacial score (nSPS) is 10.1. The predicted molar refractivity (Wildman–Crippen MR) is 91.5 cm³/mol. The lowest BCUT2D eigenvalue weighted by atomic mass is 10.2. The van der Waals surface area contributed by atoms with Gasteiger partial charge in [-0.15, -0.1) is 0 Å². The maximum atomic E-state index is 12.0. The van der Waals surface area contributed by atoms with E-state index in [1.54, 1.807) is 24.4 Å². The highest BCUT2D eigenvalue weighted by molar-refractivity contribution is 9.10. The van der Waals surface area contributed by atoms with Gasteiger partial charge in [0.05, 0.1) is 12.1 Å². The molecule has 0 fully saturated rings. The molecule has 0 aliphatic rings.